The molecule has 1 heterocycles. The predicted octanol–water partition coefficient (Wildman–Crippen LogP) is -0.656. The molecule has 0 radical (unpaired) electrons. The van der Waals surface area contributed by atoms with Gasteiger partial charge < -0.3 is 9.84 Å². The molecule has 1 rings (SSSR count). The van der Waals surface area contributed by atoms with Crippen molar-refractivity contribution in [2.75, 3.05) is 6.61 Å². The molecule has 2 N–H and O–H groups in total. The molecule has 0 aromatic carbocycles. The first-order valence-corrected chi connectivity index (χ1v) is 5.20. The van der Waals surface area contributed by atoms with Gasteiger partial charge in [0, 0.05) is 6.42 Å². The van der Waals surface area contributed by atoms with Crippen molar-refractivity contribution < 1.29 is 27.0 Å². The van der Waals surface area contributed by atoms with Gasteiger partial charge in [-0.2, -0.15) is 8.42 Å². The van der Waals surface area contributed by atoms with E-state index in [2.05, 4.69) is 4.18 Å². The highest BCUT2D eigenvalue weighted by molar-refractivity contribution is 7.80. The highest BCUT2D eigenvalue weighted by Gasteiger charge is 2.31. The standard InChI is InChI=1S/C6H12O6S/c1-4-6(7)2-5(12-4)3-11-13(8,9)10/h4-7H,2-3H2,1H3,(H,8,9,10). The van der Waals surface area contributed by atoms with Crippen molar-refractivity contribution in [3.63, 3.8) is 0 Å². The number of rotatable bonds is 3. The van der Waals surface area contributed by atoms with E-state index in [4.69, 9.17) is 9.29 Å². The second kappa shape index (κ2) is 3.89. The van der Waals surface area contributed by atoms with Crippen LogP contribution in [0, 0.1) is 0 Å². The summed E-state index contributed by atoms with van der Waals surface area (Å²) < 4.78 is 37.8. The fourth-order valence-electron chi connectivity index (χ4n) is 1.18. The molecule has 0 spiro atoms. The Kier molecular flexibility index (Phi) is 3.25. The fourth-order valence-corrected chi connectivity index (χ4v) is 1.50. The first-order valence-electron chi connectivity index (χ1n) is 3.84. The Labute approximate surface area is 76.4 Å². The highest BCUT2D eigenvalue weighted by atomic mass is 32.3. The maximum Gasteiger partial charge on any atom is 0.397 e. The summed E-state index contributed by atoms with van der Waals surface area (Å²) >= 11 is 0. The molecule has 0 bridgehead atoms. The Morgan fingerprint density at radius 1 is 1.62 bits per heavy atom. The minimum Gasteiger partial charge on any atom is -0.390 e. The van der Waals surface area contributed by atoms with Crippen molar-refractivity contribution in [2.45, 2.75) is 31.7 Å². The zero-order chi connectivity index (χ0) is 10.1. The van der Waals surface area contributed by atoms with E-state index in [1.54, 1.807) is 6.92 Å². The first-order chi connectivity index (χ1) is 5.88. The van der Waals surface area contributed by atoms with Crippen molar-refractivity contribution in [1.29, 1.82) is 0 Å². The molecular weight excluding hydrogens is 200 g/mol. The third kappa shape index (κ3) is 3.57. The van der Waals surface area contributed by atoms with Crippen LogP contribution in [0.5, 0.6) is 0 Å². The summed E-state index contributed by atoms with van der Waals surface area (Å²) in [6.07, 6.45) is -1.09. The van der Waals surface area contributed by atoms with Gasteiger partial charge >= 0.3 is 10.4 Å². The molecule has 13 heavy (non-hydrogen) atoms. The number of aliphatic hydroxyl groups is 1. The third-order valence-corrected chi connectivity index (χ3v) is 2.29. The molecule has 1 aliphatic heterocycles. The average molecular weight is 212 g/mol. The van der Waals surface area contributed by atoms with Gasteiger partial charge in [-0.1, -0.05) is 0 Å². The van der Waals surface area contributed by atoms with Crippen molar-refractivity contribution in [2.24, 2.45) is 0 Å². The van der Waals surface area contributed by atoms with E-state index in [-0.39, 0.29) is 12.7 Å². The summed E-state index contributed by atoms with van der Waals surface area (Å²) in [6, 6.07) is 0. The van der Waals surface area contributed by atoms with Crippen LogP contribution in [-0.4, -0.2) is 43.0 Å². The van der Waals surface area contributed by atoms with Crippen molar-refractivity contribution in [1.82, 2.24) is 0 Å². The Morgan fingerprint density at radius 3 is 2.62 bits per heavy atom. The Hall–Kier alpha value is -0.210. The van der Waals surface area contributed by atoms with E-state index >= 15 is 0 Å². The van der Waals surface area contributed by atoms with Gasteiger partial charge in [-0.05, 0) is 6.92 Å². The molecule has 78 valence electrons. The van der Waals surface area contributed by atoms with Crippen LogP contribution >= 0.6 is 0 Å². The van der Waals surface area contributed by atoms with Crippen molar-refractivity contribution in [3.05, 3.63) is 0 Å². The molecule has 1 fully saturated rings. The molecule has 3 unspecified atom stereocenters. The smallest absolute Gasteiger partial charge is 0.390 e. The maximum atomic E-state index is 10.2. The normalized spacial score (nSPS) is 35.2. The van der Waals surface area contributed by atoms with Crippen LogP contribution in [0.25, 0.3) is 0 Å². The molecule has 3 atom stereocenters. The summed E-state index contributed by atoms with van der Waals surface area (Å²) in [7, 11) is -4.41. The predicted molar refractivity (Wildman–Crippen MR) is 42.5 cm³/mol. The monoisotopic (exact) mass is 212 g/mol. The van der Waals surface area contributed by atoms with Crippen LogP contribution in [0.15, 0.2) is 0 Å². The van der Waals surface area contributed by atoms with Gasteiger partial charge in [0.25, 0.3) is 0 Å². The quantitative estimate of drug-likeness (QED) is 0.603. The Balaban J connectivity index is 2.33. The SMILES string of the molecule is CC1OC(COS(=O)(=O)O)CC1O. The number of hydrogen-bond acceptors (Lipinski definition) is 5. The van der Waals surface area contributed by atoms with Gasteiger partial charge in [0.05, 0.1) is 24.9 Å². The molecule has 1 aliphatic rings. The van der Waals surface area contributed by atoms with E-state index in [1.165, 1.54) is 0 Å². The van der Waals surface area contributed by atoms with E-state index in [1.807, 2.05) is 0 Å². The molecule has 0 aliphatic carbocycles. The van der Waals surface area contributed by atoms with E-state index in [9.17, 15) is 13.5 Å². The first kappa shape index (κ1) is 10.9. The summed E-state index contributed by atoms with van der Waals surface area (Å²) in [5, 5.41) is 9.21. The number of ether oxygens (including phenoxy) is 1. The lowest BCUT2D eigenvalue weighted by atomic mass is 10.2. The van der Waals surface area contributed by atoms with E-state index in [0.29, 0.717) is 6.42 Å². The topological polar surface area (TPSA) is 93.1 Å². The van der Waals surface area contributed by atoms with Gasteiger partial charge in [-0.15, -0.1) is 0 Å². The van der Waals surface area contributed by atoms with Crippen LogP contribution in [0.3, 0.4) is 0 Å². The summed E-state index contributed by atoms with van der Waals surface area (Å²) in [5.74, 6) is 0. The second-order valence-electron chi connectivity index (χ2n) is 2.98. The zero-order valence-electron chi connectivity index (χ0n) is 7.08. The minimum atomic E-state index is -4.41. The van der Waals surface area contributed by atoms with Crippen molar-refractivity contribution in [3.8, 4) is 0 Å². The number of hydrogen-bond donors (Lipinski definition) is 2. The summed E-state index contributed by atoms with van der Waals surface area (Å²) in [6.45, 7) is 1.42. The number of aliphatic hydroxyl groups excluding tert-OH is 1. The molecular formula is C6H12O6S. The summed E-state index contributed by atoms with van der Waals surface area (Å²) in [5.41, 5.74) is 0. The Morgan fingerprint density at radius 2 is 2.23 bits per heavy atom. The Bertz CT molecular complexity index is 250. The van der Waals surface area contributed by atoms with Gasteiger partial charge in [0.1, 0.15) is 0 Å². The maximum absolute atomic E-state index is 10.2. The van der Waals surface area contributed by atoms with Crippen LogP contribution in [0.1, 0.15) is 13.3 Å². The minimum absolute atomic E-state index is 0.264. The molecule has 0 saturated carbocycles. The van der Waals surface area contributed by atoms with E-state index < -0.39 is 22.6 Å². The van der Waals surface area contributed by atoms with Crippen LogP contribution in [0.4, 0.5) is 0 Å². The molecule has 1 saturated heterocycles. The fraction of sp³-hybridized carbons (Fsp3) is 1.00. The average Bonchev–Trinajstić information content (AvgIpc) is 2.27. The van der Waals surface area contributed by atoms with Gasteiger partial charge in [0.2, 0.25) is 0 Å². The zero-order valence-corrected chi connectivity index (χ0v) is 7.90. The molecule has 7 heteroatoms. The summed E-state index contributed by atoms with van der Waals surface area (Å²) in [4.78, 5) is 0. The van der Waals surface area contributed by atoms with Gasteiger partial charge in [0.15, 0.2) is 0 Å². The lowest BCUT2D eigenvalue weighted by Gasteiger charge is -2.08. The molecule has 6 nitrogen and oxygen atoms in total. The van der Waals surface area contributed by atoms with Gasteiger partial charge in [-0.3, -0.25) is 4.55 Å². The van der Waals surface area contributed by atoms with Crippen molar-refractivity contribution >= 4 is 10.4 Å². The van der Waals surface area contributed by atoms with Crippen LogP contribution < -0.4 is 0 Å². The largest absolute Gasteiger partial charge is 0.397 e. The van der Waals surface area contributed by atoms with Gasteiger partial charge in [-0.25, -0.2) is 4.18 Å². The van der Waals surface area contributed by atoms with Crippen LogP contribution in [0.2, 0.25) is 0 Å². The molecule has 0 amide bonds. The van der Waals surface area contributed by atoms with Crippen LogP contribution in [-0.2, 0) is 19.3 Å². The molecule has 0 aromatic rings. The lowest BCUT2D eigenvalue weighted by Crippen LogP contribution is -2.18. The second-order valence-corrected chi connectivity index (χ2v) is 4.07. The third-order valence-electron chi connectivity index (χ3n) is 1.86. The molecule has 0 aromatic heterocycles. The highest BCUT2D eigenvalue weighted by Crippen LogP contribution is 2.20. The lowest BCUT2D eigenvalue weighted by molar-refractivity contribution is 0.00438. The van der Waals surface area contributed by atoms with E-state index in [0.717, 1.165) is 0 Å².